The molecule has 0 unspecified atom stereocenters. The number of rotatable bonds is 4. The molecule has 0 aliphatic carbocycles. The SMILES string of the molecule is CN(c1ccccc1)c1ccc(C(=O)Nc2cccc3cccnc23)nc1. The van der Waals surface area contributed by atoms with E-state index in [0.717, 1.165) is 22.3 Å². The Hall–Kier alpha value is -3.73. The van der Waals surface area contributed by atoms with Crippen LogP contribution in [0.15, 0.2) is 85.2 Å². The molecule has 0 saturated heterocycles. The fraction of sp³-hybridized carbons (Fsp3) is 0.0455. The summed E-state index contributed by atoms with van der Waals surface area (Å²) in [7, 11) is 1.97. The van der Waals surface area contributed by atoms with Gasteiger partial charge in [0.25, 0.3) is 5.91 Å². The molecule has 132 valence electrons. The zero-order chi connectivity index (χ0) is 18.6. The third kappa shape index (κ3) is 3.48. The molecular weight excluding hydrogens is 336 g/mol. The van der Waals surface area contributed by atoms with Crippen LogP contribution in [0.5, 0.6) is 0 Å². The van der Waals surface area contributed by atoms with E-state index in [0.29, 0.717) is 11.4 Å². The number of anilines is 3. The van der Waals surface area contributed by atoms with Gasteiger partial charge in [-0.2, -0.15) is 0 Å². The van der Waals surface area contributed by atoms with Crippen LogP contribution in [-0.4, -0.2) is 22.9 Å². The molecule has 5 heteroatoms. The lowest BCUT2D eigenvalue weighted by Gasteiger charge is -2.19. The number of fused-ring (bicyclic) bond motifs is 1. The van der Waals surface area contributed by atoms with Crippen molar-refractivity contribution in [2.45, 2.75) is 0 Å². The number of aromatic nitrogens is 2. The van der Waals surface area contributed by atoms with Crippen LogP contribution in [0.4, 0.5) is 17.1 Å². The minimum Gasteiger partial charge on any atom is -0.343 e. The van der Waals surface area contributed by atoms with Crippen molar-refractivity contribution in [2.75, 3.05) is 17.3 Å². The molecule has 2 heterocycles. The van der Waals surface area contributed by atoms with Gasteiger partial charge < -0.3 is 10.2 Å². The van der Waals surface area contributed by atoms with E-state index in [1.807, 2.05) is 78.7 Å². The highest BCUT2D eigenvalue weighted by molar-refractivity contribution is 6.07. The van der Waals surface area contributed by atoms with Crippen LogP contribution < -0.4 is 10.2 Å². The van der Waals surface area contributed by atoms with Gasteiger partial charge in [0.2, 0.25) is 0 Å². The highest BCUT2D eigenvalue weighted by Crippen LogP contribution is 2.23. The standard InChI is InChI=1S/C22H18N4O/c1-26(17-9-3-2-4-10-17)18-12-13-20(24-15-18)22(27)25-19-11-5-7-16-8-6-14-23-21(16)19/h2-15H,1H3,(H,25,27). The Balaban J connectivity index is 1.54. The molecule has 0 bridgehead atoms. The molecule has 0 fully saturated rings. The number of hydrogen-bond donors (Lipinski definition) is 1. The normalized spacial score (nSPS) is 10.6. The van der Waals surface area contributed by atoms with Gasteiger partial charge in [-0.05, 0) is 36.4 Å². The summed E-state index contributed by atoms with van der Waals surface area (Å²) in [6.45, 7) is 0. The molecule has 0 spiro atoms. The highest BCUT2D eigenvalue weighted by Gasteiger charge is 2.11. The van der Waals surface area contributed by atoms with Crippen molar-refractivity contribution in [3.63, 3.8) is 0 Å². The van der Waals surface area contributed by atoms with Gasteiger partial charge in [0.1, 0.15) is 5.69 Å². The third-order valence-electron chi connectivity index (χ3n) is 4.39. The summed E-state index contributed by atoms with van der Waals surface area (Å²) in [5.74, 6) is -0.262. The number of carbonyl (C=O) groups excluding carboxylic acids is 1. The van der Waals surface area contributed by atoms with Gasteiger partial charge in [-0.3, -0.25) is 9.78 Å². The Morgan fingerprint density at radius 3 is 2.44 bits per heavy atom. The van der Waals surface area contributed by atoms with E-state index < -0.39 is 0 Å². The first-order valence-electron chi connectivity index (χ1n) is 8.62. The first-order chi connectivity index (χ1) is 13.2. The second kappa shape index (κ2) is 7.25. The molecular formula is C22H18N4O. The lowest BCUT2D eigenvalue weighted by Crippen LogP contribution is -2.15. The van der Waals surface area contributed by atoms with Gasteiger partial charge in [-0.15, -0.1) is 0 Å². The van der Waals surface area contributed by atoms with E-state index in [-0.39, 0.29) is 5.91 Å². The van der Waals surface area contributed by atoms with Crippen molar-refractivity contribution in [2.24, 2.45) is 0 Å². The maximum absolute atomic E-state index is 12.6. The Morgan fingerprint density at radius 2 is 1.67 bits per heavy atom. The number of hydrogen-bond acceptors (Lipinski definition) is 4. The zero-order valence-electron chi connectivity index (χ0n) is 14.8. The van der Waals surface area contributed by atoms with Crippen LogP contribution in [0.3, 0.4) is 0 Å². The number of amides is 1. The Labute approximate surface area is 157 Å². The second-order valence-electron chi connectivity index (χ2n) is 6.13. The molecule has 4 aromatic rings. The summed E-state index contributed by atoms with van der Waals surface area (Å²) >= 11 is 0. The first-order valence-corrected chi connectivity index (χ1v) is 8.62. The topological polar surface area (TPSA) is 58.1 Å². The molecule has 0 aliphatic heterocycles. The van der Waals surface area contributed by atoms with E-state index in [1.54, 1.807) is 18.5 Å². The summed E-state index contributed by atoms with van der Waals surface area (Å²) in [5, 5.41) is 3.88. The molecule has 2 aromatic heterocycles. The number of carbonyl (C=O) groups is 1. The number of nitrogens with zero attached hydrogens (tertiary/aromatic N) is 3. The molecule has 1 amide bonds. The maximum Gasteiger partial charge on any atom is 0.274 e. The van der Waals surface area contributed by atoms with Crippen LogP contribution in [0.1, 0.15) is 10.5 Å². The summed E-state index contributed by atoms with van der Waals surface area (Å²) in [4.78, 5) is 23.3. The number of pyridine rings is 2. The van der Waals surface area contributed by atoms with Gasteiger partial charge >= 0.3 is 0 Å². The minimum atomic E-state index is -0.262. The monoisotopic (exact) mass is 354 g/mol. The van der Waals surface area contributed by atoms with Crippen LogP contribution in [0.25, 0.3) is 10.9 Å². The van der Waals surface area contributed by atoms with Crippen LogP contribution in [0.2, 0.25) is 0 Å². The molecule has 4 rings (SSSR count). The molecule has 0 saturated carbocycles. The zero-order valence-corrected chi connectivity index (χ0v) is 14.8. The molecule has 0 aliphatic rings. The van der Waals surface area contributed by atoms with E-state index >= 15 is 0 Å². The van der Waals surface area contributed by atoms with Crippen molar-refractivity contribution in [1.82, 2.24) is 9.97 Å². The molecule has 5 nitrogen and oxygen atoms in total. The second-order valence-corrected chi connectivity index (χ2v) is 6.13. The van der Waals surface area contributed by atoms with Gasteiger partial charge in [0.05, 0.1) is 23.1 Å². The molecule has 1 N–H and O–H groups in total. The van der Waals surface area contributed by atoms with E-state index in [1.165, 1.54) is 0 Å². The van der Waals surface area contributed by atoms with Gasteiger partial charge in [-0.1, -0.05) is 36.4 Å². The smallest absolute Gasteiger partial charge is 0.274 e. The lowest BCUT2D eigenvalue weighted by atomic mass is 10.2. The fourth-order valence-corrected chi connectivity index (χ4v) is 2.91. The minimum absolute atomic E-state index is 0.262. The molecule has 2 aromatic carbocycles. The number of nitrogens with one attached hydrogen (secondary N) is 1. The van der Waals surface area contributed by atoms with Crippen LogP contribution in [0, 0.1) is 0 Å². The van der Waals surface area contributed by atoms with Crippen molar-refractivity contribution in [3.8, 4) is 0 Å². The average Bonchev–Trinajstić information content (AvgIpc) is 2.74. The van der Waals surface area contributed by atoms with E-state index in [4.69, 9.17) is 0 Å². The van der Waals surface area contributed by atoms with Gasteiger partial charge in [-0.25, -0.2) is 4.98 Å². The summed E-state index contributed by atoms with van der Waals surface area (Å²) in [6, 6.07) is 23.1. The number of benzene rings is 2. The lowest BCUT2D eigenvalue weighted by molar-refractivity contribution is 0.102. The van der Waals surface area contributed by atoms with Crippen LogP contribution in [-0.2, 0) is 0 Å². The Bertz CT molecular complexity index is 1070. The van der Waals surface area contributed by atoms with E-state index in [2.05, 4.69) is 15.3 Å². The average molecular weight is 354 g/mol. The predicted molar refractivity (Wildman–Crippen MR) is 108 cm³/mol. The van der Waals surface area contributed by atoms with Crippen LogP contribution >= 0.6 is 0 Å². The Kier molecular flexibility index (Phi) is 4.49. The quantitative estimate of drug-likeness (QED) is 0.579. The summed E-state index contributed by atoms with van der Waals surface area (Å²) < 4.78 is 0. The van der Waals surface area contributed by atoms with Crippen molar-refractivity contribution >= 4 is 33.9 Å². The third-order valence-corrected chi connectivity index (χ3v) is 4.39. The first kappa shape index (κ1) is 16.7. The maximum atomic E-state index is 12.6. The summed E-state index contributed by atoms with van der Waals surface area (Å²) in [6.07, 6.45) is 3.41. The molecule has 0 radical (unpaired) electrons. The van der Waals surface area contributed by atoms with Crippen molar-refractivity contribution < 1.29 is 4.79 Å². The van der Waals surface area contributed by atoms with Crippen molar-refractivity contribution in [3.05, 3.63) is 90.9 Å². The van der Waals surface area contributed by atoms with Crippen molar-refractivity contribution in [1.29, 1.82) is 0 Å². The highest BCUT2D eigenvalue weighted by atomic mass is 16.1. The number of para-hydroxylation sites is 2. The van der Waals surface area contributed by atoms with Gasteiger partial charge in [0, 0.05) is 24.3 Å². The van der Waals surface area contributed by atoms with E-state index in [9.17, 15) is 4.79 Å². The Morgan fingerprint density at radius 1 is 0.852 bits per heavy atom. The molecule has 27 heavy (non-hydrogen) atoms. The molecule has 0 atom stereocenters. The predicted octanol–water partition coefficient (Wildman–Crippen LogP) is 4.65. The fourth-order valence-electron chi connectivity index (χ4n) is 2.91. The van der Waals surface area contributed by atoms with Gasteiger partial charge in [0.15, 0.2) is 0 Å². The summed E-state index contributed by atoms with van der Waals surface area (Å²) in [5.41, 5.74) is 3.75. The largest absolute Gasteiger partial charge is 0.343 e.